The highest BCUT2D eigenvalue weighted by molar-refractivity contribution is 5.96. The standard InChI is InChI=1S/C17H23N5O2/c1-12(11-18-3)16(23)20-14-6-4-7-15(10-14)21-17(24)13(2)22-9-5-8-19-22/h4-10,12-13,18H,11H2,1-3H3,(H,20,23)(H,21,24). The van der Waals surface area contributed by atoms with Crippen molar-refractivity contribution in [2.45, 2.75) is 19.9 Å². The lowest BCUT2D eigenvalue weighted by molar-refractivity contribution is -0.119. The molecule has 0 saturated heterocycles. The van der Waals surface area contributed by atoms with Crippen LogP contribution in [0.5, 0.6) is 0 Å². The lowest BCUT2D eigenvalue weighted by Gasteiger charge is -2.14. The minimum Gasteiger partial charge on any atom is -0.326 e. The maximum atomic E-state index is 12.3. The van der Waals surface area contributed by atoms with Crippen LogP contribution in [0.1, 0.15) is 19.9 Å². The summed E-state index contributed by atoms with van der Waals surface area (Å²) in [6.45, 7) is 4.22. The predicted molar refractivity (Wildman–Crippen MR) is 93.7 cm³/mol. The second kappa shape index (κ2) is 8.26. The summed E-state index contributed by atoms with van der Waals surface area (Å²) < 4.78 is 1.58. The van der Waals surface area contributed by atoms with Gasteiger partial charge in [-0.3, -0.25) is 14.3 Å². The SMILES string of the molecule is CNCC(C)C(=O)Nc1cccc(NC(=O)C(C)n2cccn2)c1. The van der Waals surface area contributed by atoms with Gasteiger partial charge in [0.15, 0.2) is 0 Å². The van der Waals surface area contributed by atoms with Crippen LogP contribution in [0.4, 0.5) is 11.4 Å². The van der Waals surface area contributed by atoms with Gasteiger partial charge >= 0.3 is 0 Å². The van der Waals surface area contributed by atoms with E-state index in [9.17, 15) is 9.59 Å². The molecule has 24 heavy (non-hydrogen) atoms. The molecule has 0 aliphatic rings. The second-order valence-electron chi connectivity index (χ2n) is 5.68. The molecule has 0 spiro atoms. The third-order valence-corrected chi connectivity index (χ3v) is 3.66. The van der Waals surface area contributed by atoms with Crippen molar-refractivity contribution in [3.05, 3.63) is 42.7 Å². The number of amides is 2. The van der Waals surface area contributed by atoms with Crippen molar-refractivity contribution >= 4 is 23.2 Å². The Balaban J connectivity index is 2.00. The van der Waals surface area contributed by atoms with Crippen LogP contribution in [0.2, 0.25) is 0 Å². The summed E-state index contributed by atoms with van der Waals surface area (Å²) in [4.78, 5) is 24.3. The molecule has 7 heteroatoms. The van der Waals surface area contributed by atoms with E-state index >= 15 is 0 Å². The van der Waals surface area contributed by atoms with Gasteiger partial charge in [0.1, 0.15) is 6.04 Å². The van der Waals surface area contributed by atoms with Crippen LogP contribution >= 0.6 is 0 Å². The summed E-state index contributed by atoms with van der Waals surface area (Å²) in [7, 11) is 1.81. The molecule has 0 bridgehead atoms. The molecular weight excluding hydrogens is 306 g/mol. The van der Waals surface area contributed by atoms with Crippen LogP contribution in [0.15, 0.2) is 42.7 Å². The molecule has 3 N–H and O–H groups in total. The molecule has 2 unspecified atom stereocenters. The summed E-state index contributed by atoms with van der Waals surface area (Å²) in [6, 6.07) is 8.43. The minimum absolute atomic E-state index is 0.0715. The molecule has 128 valence electrons. The minimum atomic E-state index is -0.422. The van der Waals surface area contributed by atoms with Gasteiger partial charge in [0.2, 0.25) is 11.8 Å². The zero-order valence-electron chi connectivity index (χ0n) is 14.1. The highest BCUT2D eigenvalue weighted by Crippen LogP contribution is 2.17. The smallest absolute Gasteiger partial charge is 0.248 e. The van der Waals surface area contributed by atoms with Crippen LogP contribution < -0.4 is 16.0 Å². The van der Waals surface area contributed by atoms with Crippen molar-refractivity contribution in [1.82, 2.24) is 15.1 Å². The topological polar surface area (TPSA) is 88.0 Å². The molecule has 2 amide bonds. The van der Waals surface area contributed by atoms with Gasteiger partial charge in [0.05, 0.1) is 0 Å². The lowest BCUT2D eigenvalue weighted by Crippen LogP contribution is -2.28. The number of nitrogens with zero attached hydrogens (tertiary/aromatic N) is 2. The van der Waals surface area contributed by atoms with E-state index in [2.05, 4.69) is 21.0 Å². The Kier molecular flexibility index (Phi) is 6.08. The maximum Gasteiger partial charge on any atom is 0.248 e. The maximum absolute atomic E-state index is 12.3. The molecule has 2 aromatic rings. The van der Waals surface area contributed by atoms with Gasteiger partial charge in [-0.2, -0.15) is 5.10 Å². The summed E-state index contributed by atoms with van der Waals surface area (Å²) in [6.07, 6.45) is 3.37. The van der Waals surface area contributed by atoms with E-state index in [0.29, 0.717) is 17.9 Å². The molecule has 1 aromatic carbocycles. The summed E-state index contributed by atoms with van der Waals surface area (Å²) in [5.41, 5.74) is 1.27. The van der Waals surface area contributed by atoms with E-state index in [1.807, 2.05) is 6.92 Å². The van der Waals surface area contributed by atoms with Crippen LogP contribution in [0.3, 0.4) is 0 Å². The second-order valence-corrected chi connectivity index (χ2v) is 5.68. The van der Waals surface area contributed by atoms with Gasteiger partial charge in [-0.1, -0.05) is 13.0 Å². The molecule has 0 fully saturated rings. The van der Waals surface area contributed by atoms with Crippen molar-refractivity contribution in [1.29, 1.82) is 0 Å². The quantitative estimate of drug-likeness (QED) is 0.724. The number of carbonyl (C=O) groups is 2. The molecule has 1 aromatic heterocycles. The van der Waals surface area contributed by atoms with Crippen LogP contribution in [-0.2, 0) is 9.59 Å². The summed E-state index contributed by atoms with van der Waals surface area (Å²) >= 11 is 0. The lowest BCUT2D eigenvalue weighted by atomic mass is 10.1. The normalized spacial score (nSPS) is 13.1. The van der Waals surface area contributed by atoms with Gasteiger partial charge in [-0.05, 0) is 38.2 Å². The Bertz CT molecular complexity index is 684. The molecule has 0 aliphatic carbocycles. The van der Waals surface area contributed by atoms with Gasteiger partial charge in [0.25, 0.3) is 0 Å². The molecule has 7 nitrogen and oxygen atoms in total. The highest BCUT2D eigenvalue weighted by Gasteiger charge is 2.16. The van der Waals surface area contributed by atoms with E-state index in [1.54, 1.807) is 61.4 Å². The molecule has 0 radical (unpaired) electrons. The number of carbonyl (C=O) groups excluding carboxylic acids is 2. The Morgan fingerprint density at radius 3 is 2.38 bits per heavy atom. The first kappa shape index (κ1) is 17.7. The van der Waals surface area contributed by atoms with Gasteiger partial charge in [0, 0.05) is 36.2 Å². The predicted octanol–water partition coefficient (Wildman–Crippen LogP) is 1.88. The Morgan fingerprint density at radius 1 is 1.12 bits per heavy atom. The van der Waals surface area contributed by atoms with Crippen molar-refractivity contribution < 1.29 is 9.59 Å². The fourth-order valence-electron chi connectivity index (χ4n) is 2.22. The first-order chi connectivity index (χ1) is 11.5. The summed E-state index contributed by atoms with van der Waals surface area (Å²) in [5.74, 6) is -0.392. The Hall–Kier alpha value is -2.67. The first-order valence-electron chi connectivity index (χ1n) is 7.86. The zero-order chi connectivity index (χ0) is 17.5. The highest BCUT2D eigenvalue weighted by atomic mass is 16.2. The Morgan fingerprint density at radius 2 is 1.79 bits per heavy atom. The van der Waals surface area contributed by atoms with Crippen molar-refractivity contribution in [3.63, 3.8) is 0 Å². The van der Waals surface area contributed by atoms with Crippen LogP contribution in [0.25, 0.3) is 0 Å². The molecule has 0 saturated carbocycles. The number of hydrogen-bond acceptors (Lipinski definition) is 4. The number of anilines is 2. The fourth-order valence-corrected chi connectivity index (χ4v) is 2.22. The van der Waals surface area contributed by atoms with E-state index in [-0.39, 0.29) is 17.7 Å². The number of rotatable bonds is 7. The number of aromatic nitrogens is 2. The van der Waals surface area contributed by atoms with E-state index in [4.69, 9.17) is 0 Å². The number of hydrogen-bond donors (Lipinski definition) is 3. The number of benzene rings is 1. The number of nitrogens with one attached hydrogen (secondary N) is 3. The fraction of sp³-hybridized carbons (Fsp3) is 0.353. The average molecular weight is 329 g/mol. The van der Waals surface area contributed by atoms with Crippen molar-refractivity contribution in [2.24, 2.45) is 5.92 Å². The van der Waals surface area contributed by atoms with Crippen LogP contribution in [0, 0.1) is 5.92 Å². The molecule has 2 rings (SSSR count). The molecule has 1 heterocycles. The van der Waals surface area contributed by atoms with E-state index in [0.717, 1.165) is 0 Å². The van der Waals surface area contributed by atoms with Gasteiger partial charge in [-0.25, -0.2) is 0 Å². The largest absolute Gasteiger partial charge is 0.326 e. The molecular formula is C17H23N5O2. The van der Waals surface area contributed by atoms with Crippen molar-refractivity contribution in [2.75, 3.05) is 24.2 Å². The van der Waals surface area contributed by atoms with Gasteiger partial charge < -0.3 is 16.0 Å². The van der Waals surface area contributed by atoms with Gasteiger partial charge in [-0.15, -0.1) is 0 Å². The van der Waals surface area contributed by atoms with Crippen molar-refractivity contribution in [3.8, 4) is 0 Å². The average Bonchev–Trinajstić information content (AvgIpc) is 3.09. The van der Waals surface area contributed by atoms with E-state index < -0.39 is 6.04 Å². The Labute approximate surface area is 141 Å². The third-order valence-electron chi connectivity index (χ3n) is 3.66. The zero-order valence-corrected chi connectivity index (χ0v) is 14.1. The van der Waals surface area contributed by atoms with Crippen LogP contribution in [-0.4, -0.2) is 35.2 Å². The summed E-state index contributed by atoms with van der Waals surface area (Å²) in [5, 5.41) is 12.7. The third kappa shape index (κ3) is 4.66. The molecule has 2 atom stereocenters. The van der Waals surface area contributed by atoms with E-state index in [1.165, 1.54) is 0 Å². The molecule has 0 aliphatic heterocycles. The first-order valence-corrected chi connectivity index (χ1v) is 7.86. The monoisotopic (exact) mass is 329 g/mol.